The summed E-state index contributed by atoms with van der Waals surface area (Å²) in [5.41, 5.74) is 7.45. The average molecular weight is 444 g/mol. The third-order valence-corrected chi connectivity index (χ3v) is 5.46. The molecule has 1 amide bonds. The predicted molar refractivity (Wildman–Crippen MR) is 124 cm³/mol. The fourth-order valence-electron chi connectivity index (χ4n) is 3.56. The number of rotatable bonds is 8. The number of nitrogens with two attached hydrogens (primary N) is 1. The first-order valence-electron chi connectivity index (χ1n) is 10.5. The molecule has 0 bridgehead atoms. The maximum absolute atomic E-state index is 10.9. The van der Waals surface area contributed by atoms with Gasteiger partial charge in [-0.3, -0.25) is 14.7 Å². The van der Waals surface area contributed by atoms with E-state index in [1.54, 1.807) is 13.1 Å². The number of carbonyl (C=O) groups excluding carboxylic acids is 1. The number of ether oxygens (including phenoxy) is 1. The van der Waals surface area contributed by atoms with Gasteiger partial charge in [-0.05, 0) is 48.2 Å². The molecule has 1 aliphatic heterocycles. The van der Waals surface area contributed by atoms with Crippen molar-refractivity contribution in [3.63, 3.8) is 0 Å². The van der Waals surface area contributed by atoms with Gasteiger partial charge in [0.05, 0.1) is 0 Å². The van der Waals surface area contributed by atoms with Gasteiger partial charge in [-0.2, -0.15) is 0 Å². The minimum atomic E-state index is -0.493. The van der Waals surface area contributed by atoms with E-state index in [9.17, 15) is 4.79 Å². The van der Waals surface area contributed by atoms with Crippen LogP contribution in [0.25, 0.3) is 0 Å². The van der Waals surface area contributed by atoms with Gasteiger partial charge >= 0.3 is 0 Å². The number of nitrogens with zero attached hydrogens (tertiary/aromatic N) is 2. The van der Waals surface area contributed by atoms with E-state index >= 15 is 0 Å². The highest BCUT2D eigenvalue weighted by Gasteiger charge is 2.20. The van der Waals surface area contributed by atoms with Crippen LogP contribution in [0.15, 0.2) is 53.5 Å². The predicted octanol–water partition coefficient (Wildman–Crippen LogP) is 2.53. The number of halogens is 1. The lowest BCUT2D eigenvalue weighted by Crippen LogP contribution is -2.48. The highest BCUT2D eigenvalue weighted by Crippen LogP contribution is 2.16. The Labute approximate surface area is 188 Å². The first-order valence-corrected chi connectivity index (χ1v) is 10.8. The normalized spacial score (nSPS) is 15.5. The molecule has 1 aliphatic rings. The van der Waals surface area contributed by atoms with Crippen LogP contribution in [0.1, 0.15) is 24.0 Å². The molecule has 0 atom stereocenters. The van der Waals surface area contributed by atoms with E-state index in [0.29, 0.717) is 18.3 Å². The number of likely N-dealkylation sites (tertiary alicyclic amines) is 1. The second-order valence-corrected chi connectivity index (χ2v) is 8.09. The standard InChI is InChI=1S/C23H30ClN5O2/c1-26-23(27-14-18-3-2-4-21(13-18)31-16-22(25)30)28-20-9-11-29(12-10-20)15-17-5-7-19(24)8-6-17/h2-8,13,20H,9-12,14-16H2,1H3,(H2,25,30)(H2,26,27,28). The quantitative estimate of drug-likeness (QED) is 0.430. The number of primary amides is 1. The van der Waals surface area contributed by atoms with Crippen LogP contribution in [-0.2, 0) is 17.9 Å². The topological polar surface area (TPSA) is 92.0 Å². The molecule has 1 heterocycles. The first-order chi connectivity index (χ1) is 15.0. The zero-order valence-corrected chi connectivity index (χ0v) is 18.6. The summed E-state index contributed by atoms with van der Waals surface area (Å²) in [5, 5.41) is 7.65. The van der Waals surface area contributed by atoms with Crippen molar-refractivity contribution in [2.45, 2.75) is 32.0 Å². The number of hydrogen-bond acceptors (Lipinski definition) is 4. The molecule has 0 saturated carbocycles. The fourth-order valence-corrected chi connectivity index (χ4v) is 3.68. The van der Waals surface area contributed by atoms with Crippen molar-refractivity contribution in [2.75, 3.05) is 26.7 Å². The van der Waals surface area contributed by atoms with Crippen molar-refractivity contribution in [1.29, 1.82) is 0 Å². The highest BCUT2D eigenvalue weighted by atomic mass is 35.5. The molecule has 1 saturated heterocycles. The number of guanidine groups is 1. The molecule has 7 nitrogen and oxygen atoms in total. The van der Waals surface area contributed by atoms with Gasteiger partial charge in [0.1, 0.15) is 5.75 Å². The molecule has 4 N–H and O–H groups in total. The van der Waals surface area contributed by atoms with Crippen molar-refractivity contribution in [3.05, 3.63) is 64.7 Å². The summed E-state index contributed by atoms with van der Waals surface area (Å²) in [6, 6.07) is 16.0. The first kappa shape index (κ1) is 22.9. The number of amides is 1. The van der Waals surface area contributed by atoms with Crippen molar-refractivity contribution in [2.24, 2.45) is 10.7 Å². The average Bonchev–Trinajstić information content (AvgIpc) is 2.78. The number of piperidine rings is 1. The van der Waals surface area contributed by atoms with Crippen LogP contribution in [0.5, 0.6) is 5.75 Å². The number of benzene rings is 2. The summed E-state index contributed by atoms with van der Waals surface area (Å²) < 4.78 is 5.36. The molecular formula is C23H30ClN5O2. The van der Waals surface area contributed by atoms with Crippen LogP contribution in [-0.4, -0.2) is 49.6 Å². The zero-order chi connectivity index (χ0) is 22.1. The van der Waals surface area contributed by atoms with Crippen LogP contribution in [0.2, 0.25) is 5.02 Å². The second kappa shape index (κ2) is 11.6. The Morgan fingerprint density at radius 3 is 2.61 bits per heavy atom. The van der Waals surface area contributed by atoms with Gasteiger partial charge in [0.25, 0.3) is 5.91 Å². The lowest BCUT2D eigenvalue weighted by Gasteiger charge is -2.33. The third kappa shape index (κ3) is 7.77. The fraction of sp³-hybridized carbons (Fsp3) is 0.391. The molecule has 1 fully saturated rings. The van der Waals surface area contributed by atoms with E-state index in [0.717, 1.165) is 49.0 Å². The Balaban J connectivity index is 1.42. The number of carbonyl (C=O) groups is 1. The largest absolute Gasteiger partial charge is 0.484 e. The Bertz CT molecular complexity index is 880. The van der Waals surface area contributed by atoms with Gasteiger partial charge in [-0.25, -0.2) is 0 Å². The van der Waals surface area contributed by atoms with Gasteiger partial charge in [0.2, 0.25) is 0 Å². The van der Waals surface area contributed by atoms with Crippen molar-refractivity contribution < 1.29 is 9.53 Å². The Morgan fingerprint density at radius 1 is 1.19 bits per heavy atom. The molecule has 166 valence electrons. The summed E-state index contributed by atoms with van der Waals surface area (Å²) in [6.45, 7) is 3.50. The van der Waals surface area contributed by atoms with Crippen LogP contribution < -0.4 is 21.1 Å². The Kier molecular flexibility index (Phi) is 8.55. The molecule has 0 radical (unpaired) electrons. The highest BCUT2D eigenvalue weighted by molar-refractivity contribution is 6.30. The maximum atomic E-state index is 10.9. The number of hydrogen-bond donors (Lipinski definition) is 3. The van der Waals surface area contributed by atoms with Crippen LogP contribution in [0, 0.1) is 0 Å². The van der Waals surface area contributed by atoms with Gasteiger partial charge in [-0.1, -0.05) is 35.9 Å². The molecule has 0 unspecified atom stereocenters. The molecule has 2 aromatic carbocycles. The molecule has 0 aromatic heterocycles. The monoisotopic (exact) mass is 443 g/mol. The summed E-state index contributed by atoms with van der Waals surface area (Å²) in [5.74, 6) is 0.904. The molecule has 31 heavy (non-hydrogen) atoms. The molecule has 3 rings (SSSR count). The van der Waals surface area contributed by atoms with E-state index in [-0.39, 0.29) is 6.61 Å². The minimum Gasteiger partial charge on any atom is -0.484 e. The van der Waals surface area contributed by atoms with E-state index in [1.807, 2.05) is 30.3 Å². The van der Waals surface area contributed by atoms with Crippen molar-refractivity contribution in [1.82, 2.24) is 15.5 Å². The van der Waals surface area contributed by atoms with Gasteiger partial charge < -0.3 is 21.1 Å². The van der Waals surface area contributed by atoms with E-state index in [2.05, 4.69) is 32.7 Å². The van der Waals surface area contributed by atoms with E-state index in [1.165, 1.54) is 5.56 Å². The number of nitrogens with one attached hydrogen (secondary N) is 2. The van der Waals surface area contributed by atoms with Crippen LogP contribution >= 0.6 is 11.6 Å². The third-order valence-electron chi connectivity index (χ3n) is 5.21. The maximum Gasteiger partial charge on any atom is 0.255 e. The second-order valence-electron chi connectivity index (χ2n) is 7.65. The molecule has 0 spiro atoms. The Hall–Kier alpha value is -2.77. The van der Waals surface area contributed by atoms with Crippen LogP contribution in [0.3, 0.4) is 0 Å². The van der Waals surface area contributed by atoms with Gasteiger partial charge in [0, 0.05) is 44.3 Å². The summed E-state index contributed by atoms with van der Waals surface area (Å²) in [4.78, 5) is 17.7. The summed E-state index contributed by atoms with van der Waals surface area (Å²) in [7, 11) is 1.78. The van der Waals surface area contributed by atoms with Crippen LogP contribution in [0.4, 0.5) is 0 Å². The smallest absolute Gasteiger partial charge is 0.255 e. The van der Waals surface area contributed by atoms with Crippen molar-refractivity contribution in [3.8, 4) is 5.75 Å². The Morgan fingerprint density at radius 2 is 1.94 bits per heavy atom. The van der Waals surface area contributed by atoms with Gasteiger partial charge in [0.15, 0.2) is 12.6 Å². The SMILES string of the molecule is CN=C(NCc1cccc(OCC(N)=O)c1)NC1CCN(Cc2ccc(Cl)cc2)CC1. The van der Waals surface area contributed by atoms with E-state index in [4.69, 9.17) is 22.1 Å². The van der Waals surface area contributed by atoms with E-state index < -0.39 is 5.91 Å². The molecule has 2 aromatic rings. The van der Waals surface area contributed by atoms with Crippen molar-refractivity contribution >= 4 is 23.5 Å². The molecule has 8 heteroatoms. The lowest BCUT2D eigenvalue weighted by atomic mass is 10.0. The minimum absolute atomic E-state index is 0.128. The zero-order valence-electron chi connectivity index (χ0n) is 17.8. The molecule has 0 aliphatic carbocycles. The summed E-state index contributed by atoms with van der Waals surface area (Å²) in [6.07, 6.45) is 2.12. The van der Waals surface area contributed by atoms with Gasteiger partial charge in [-0.15, -0.1) is 0 Å². The summed E-state index contributed by atoms with van der Waals surface area (Å²) >= 11 is 5.97. The molecular weight excluding hydrogens is 414 g/mol. The number of aliphatic imine (C=N–C) groups is 1. The lowest BCUT2D eigenvalue weighted by molar-refractivity contribution is -0.119.